The van der Waals surface area contributed by atoms with Crippen molar-refractivity contribution < 1.29 is 27.5 Å². The van der Waals surface area contributed by atoms with Crippen molar-refractivity contribution >= 4 is 29.3 Å². The van der Waals surface area contributed by atoms with Crippen molar-refractivity contribution in [3.05, 3.63) is 78.4 Å². The Bertz CT molecular complexity index is 1230. The Hall–Kier alpha value is -3.47. The van der Waals surface area contributed by atoms with Crippen LogP contribution in [0, 0.1) is 5.92 Å². The summed E-state index contributed by atoms with van der Waals surface area (Å²) in [5, 5.41) is 2.82. The Balaban J connectivity index is 1.32. The second-order valence-corrected chi connectivity index (χ2v) is 10.3. The van der Waals surface area contributed by atoms with Gasteiger partial charge in [-0.3, -0.25) is 4.79 Å². The number of nitrogens with zero attached hydrogens (tertiary/aromatic N) is 3. The predicted octanol–water partition coefficient (Wildman–Crippen LogP) is 4.66. The van der Waals surface area contributed by atoms with Crippen LogP contribution in [-0.2, 0) is 27.3 Å². The molecule has 1 N–H and O–H groups in total. The maximum absolute atomic E-state index is 13.0. The van der Waals surface area contributed by atoms with Gasteiger partial charge in [-0.1, -0.05) is 36.4 Å². The van der Waals surface area contributed by atoms with E-state index in [0.29, 0.717) is 43.9 Å². The van der Waals surface area contributed by atoms with E-state index >= 15 is 0 Å². The number of benzene rings is 2. The highest BCUT2D eigenvalue weighted by atomic mass is 32.2. The van der Waals surface area contributed by atoms with E-state index in [1.807, 2.05) is 46.0 Å². The maximum Gasteiger partial charge on any atom is 0.446 e. The van der Waals surface area contributed by atoms with Gasteiger partial charge >= 0.3 is 11.5 Å². The number of hydrogen-bond donors (Lipinski definition) is 1. The van der Waals surface area contributed by atoms with Gasteiger partial charge in [0.15, 0.2) is 0 Å². The second-order valence-electron chi connectivity index (χ2n) is 9.12. The Morgan fingerprint density at radius 1 is 1.13 bits per heavy atom. The van der Waals surface area contributed by atoms with Crippen molar-refractivity contribution in [2.45, 2.75) is 42.3 Å². The molecule has 4 rings (SSSR count). The molecule has 1 fully saturated rings. The van der Waals surface area contributed by atoms with Crippen LogP contribution in [-0.4, -0.2) is 53.2 Å². The third-order valence-corrected chi connectivity index (χ3v) is 7.11. The zero-order valence-corrected chi connectivity index (χ0v) is 21.7. The standard InChI is InChI=1S/C27H29F3N4O3S/c1-37-26(36)24(14-21-17-33(18-31-21)16-19-6-3-2-4-7-19)32-25(35)20-10-12-34(13-11-20)22-8-5-9-23(15-22)38-27(28,29)30/h2-9,15,17-18,20,24H,10-14,16H2,1H3,(H,32,35)/t24-/m0/s1. The van der Waals surface area contributed by atoms with Crippen molar-refractivity contribution in [2.75, 3.05) is 25.1 Å². The van der Waals surface area contributed by atoms with Gasteiger partial charge in [-0.2, -0.15) is 13.2 Å². The molecule has 0 radical (unpaired) electrons. The molecule has 1 aliphatic heterocycles. The van der Waals surface area contributed by atoms with Gasteiger partial charge < -0.3 is 19.5 Å². The summed E-state index contributed by atoms with van der Waals surface area (Å²) in [5.41, 5.74) is -1.88. The summed E-state index contributed by atoms with van der Waals surface area (Å²) in [6, 6.07) is 15.3. The fourth-order valence-electron chi connectivity index (χ4n) is 4.50. The average molecular weight is 547 g/mol. The molecule has 38 heavy (non-hydrogen) atoms. The van der Waals surface area contributed by atoms with Crippen molar-refractivity contribution in [2.24, 2.45) is 5.92 Å². The lowest BCUT2D eigenvalue weighted by molar-refractivity contribution is -0.145. The number of ether oxygens (including phenoxy) is 1. The number of thioether (sulfide) groups is 1. The van der Waals surface area contributed by atoms with E-state index in [1.54, 1.807) is 18.5 Å². The molecule has 1 atom stereocenters. The third-order valence-electron chi connectivity index (χ3n) is 6.39. The average Bonchev–Trinajstić information content (AvgIpc) is 3.34. The van der Waals surface area contributed by atoms with Gasteiger partial charge in [0.1, 0.15) is 6.04 Å². The zero-order chi connectivity index (χ0) is 27.1. The first-order valence-electron chi connectivity index (χ1n) is 12.2. The van der Waals surface area contributed by atoms with Crippen LogP contribution in [0.15, 0.2) is 72.0 Å². The minimum Gasteiger partial charge on any atom is -0.467 e. The first-order chi connectivity index (χ1) is 18.2. The quantitative estimate of drug-likeness (QED) is 0.311. The van der Waals surface area contributed by atoms with E-state index in [2.05, 4.69) is 10.3 Å². The van der Waals surface area contributed by atoms with Crippen LogP contribution in [0.3, 0.4) is 0 Å². The smallest absolute Gasteiger partial charge is 0.446 e. The number of halogens is 3. The number of carbonyl (C=O) groups excluding carboxylic acids is 2. The molecule has 202 valence electrons. The van der Waals surface area contributed by atoms with E-state index in [-0.39, 0.29) is 34.9 Å². The van der Waals surface area contributed by atoms with E-state index in [4.69, 9.17) is 4.74 Å². The Morgan fingerprint density at radius 3 is 2.55 bits per heavy atom. The fourth-order valence-corrected chi connectivity index (χ4v) is 5.10. The Morgan fingerprint density at radius 2 is 1.87 bits per heavy atom. The molecule has 1 saturated heterocycles. The van der Waals surface area contributed by atoms with Gasteiger partial charge in [0.05, 0.1) is 19.1 Å². The molecule has 0 saturated carbocycles. The number of alkyl halides is 3. The molecule has 1 aliphatic rings. The molecular formula is C27H29F3N4O3S. The van der Waals surface area contributed by atoms with Gasteiger partial charge in [-0.15, -0.1) is 0 Å². The molecule has 0 spiro atoms. The van der Waals surface area contributed by atoms with E-state index in [9.17, 15) is 22.8 Å². The number of carbonyl (C=O) groups is 2. The lowest BCUT2D eigenvalue weighted by Crippen LogP contribution is -2.48. The number of amides is 1. The number of rotatable bonds is 9. The molecule has 0 aliphatic carbocycles. The summed E-state index contributed by atoms with van der Waals surface area (Å²) < 4.78 is 45.0. The number of nitrogens with one attached hydrogen (secondary N) is 1. The molecule has 3 aromatic rings. The van der Waals surface area contributed by atoms with Crippen LogP contribution in [0.5, 0.6) is 0 Å². The normalized spacial score (nSPS) is 15.2. The van der Waals surface area contributed by atoms with Crippen LogP contribution >= 0.6 is 11.8 Å². The SMILES string of the molecule is COC(=O)[C@H](Cc1cn(Cc2ccccc2)cn1)NC(=O)C1CCN(c2cccc(SC(F)(F)F)c2)CC1. The highest BCUT2D eigenvalue weighted by molar-refractivity contribution is 8.00. The van der Waals surface area contributed by atoms with Crippen molar-refractivity contribution in [1.82, 2.24) is 14.9 Å². The minimum absolute atomic E-state index is 0.127. The number of imidazole rings is 1. The maximum atomic E-state index is 13.0. The van der Waals surface area contributed by atoms with Gasteiger partial charge in [-0.25, -0.2) is 9.78 Å². The molecule has 11 heteroatoms. The van der Waals surface area contributed by atoms with Crippen LogP contribution in [0.2, 0.25) is 0 Å². The van der Waals surface area contributed by atoms with Crippen molar-refractivity contribution in [3.8, 4) is 0 Å². The lowest BCUT2D eigenvalue weighted by atomic mass is 9.95. The van der Waals surface area contributed by atoms with Crippen LogP contribution in [0.25, 0.3) is 0 Å². The largest absolute Gasteiger partial charge is 0.467 e. The van der Waals surface area contributed by atoms with Crippen LogP contribution < -0.4 is 10.2 Å². The Kier molecular flexibility index (Phi) is 8.98. The molecule has 7 nitrogen and oxygen atoms in total. The van der Waals surface area contributed by atoms with Crippen LogP contribution in [0.4, 0.5) is 18.9 Å². The van der Waals surface area contributed by atoms with Crippen molar-refractivity contribution in [3.63, 3.8) is 0 Å². The third kappa shape index (κ3) is 7.77. The number of aromatic nitrogens is 2. The number of piperidine rings is 1. The number of anilines is 1. The molecule has 2 heterocycles. The topological polar surface area (TPSA) is 76.5 Å². The monoisotopic (exact) mass is 546 g/mol. The summed E-state index contributed by atoms with van der Waals surface area (Å²) in [4.78, 5) is 32.0. The molecule has 0 bridgehead atoms. The summed E-state index contributed by atoms with van der Waals surface area (Å²) in [6.07, 6.45) is 4.77. The zero-order valence-electron chi connectivity index (χ0n) is 20.9. The number of hydrogen-bond acceptors (Lipinski definition) is 6. The van der Waals surface area contributed by atoms with E-state index in [1.165, 1.54) is 19.2 Å². The van der Waals surface area contributed by atoms with Gasteiger partial charge in [0, 0.05) is 48.8 Å². The first kappa shape index (κ1) is 27.6. The summed E-state index contributed by atoms with van der Waals surface area (Å²) in [7, 11) is 1.28. The highest BCUT2D eigenvalue weighted by Crippen LogP contribution is 2.38. The van der Waals surface area contributed by atoms with Gasteiger partial charge in [-0.05, 0) is 48.4 Å². The lowest BCUT2D eigenvalue weighted by Gasteiger charge is -2.33. The summed E-state index contributed by atoms with van der Waals surface area (Å²) in [5.74, 6) is -1.11. The predicted molar refractivity (Wildman–Crippen MR) is 139 cm³/mol. The highest BCUT2D eigenvalue weighted by Gasteiger charge is 2.31. The summed E-state index contributed by atoms with van der Waals surface area (Å²) >= 11 is -0.143. The summed E-state index contributed by atoms with van der Waals surface area (Å²) in [6.45, 7) is 1.68. The molecule has 1 amide bonds. The molecule has 2 aromatic carbocycles. The second kappa shape index (κ2) is 12.4. The molecular weight excluding hydrogens is 517 g/mol. The van der Waals surface area contributed by atoms with Gasteiger partial charge in [0.2, 0.25) is 5.91 Å². The van der Waals surface area contributed by atoms with Gasteiger partial charge in [0.25, 0.3) is 0 Å². The minimum atomic E-state index is -4.35. The van der Waals surface area contributed by atoms with Crippen LogP contribution in [0.1, 0.15) is 24.1 Å². The Labute approximate surface area is 223 Å². The molecule has 0 unspecified atom stereocenters. The number of methoxy groups -OCH3 is 1. The van der Waals surface area contributed by atoms with E-state index < -0.39 is 17.5 Å². The van der Waals surface area contributed by atoms with E-state index in [0.717, 1.165) is 5.56 Å². The fraction of sp³-hybridized carbons (Fsp3) is 0.370. The number of esters is 1. The molecule has 1 aromatic heterocycles. The first-order valence-corrected chi connectivity index (χ1v) is 13.1. The van der Waals surface area contributed by atoms with Crippen molar-refractivity contribution in [1.29, 1.82) is 0 Å².